The third kappa shape index (κ3) is 4.08. The van der Waals surface area contributed by atoms with E-state index in [2.05, 4.69) is 10.6 Å². The van der Waals surface area contributed by atoms with E-state index in [4.69, 9.17) is 5.73 Å². The van der Waals surface area contributed by atoms with Crippen molar-refractivity contribution in [2.45, 2.75) is 26.7 Å². The van der Waals surface area contributed by atoms with Gasteiger partial charge >= 0.3 is 6.03 Å². The first-order valence-corrected chi connectivity index (χ1v) is 6.04. The number of amides is 3. The van der Waals surface area contributed by atoms with Crippen molar-refractivity contribution < 1.29 is 9.59 Å². The van der Waals surface area contributed by atoms with Gasteiger partial charge in [-0.3, -0.25) is 4.79 Å². The van der Waals surface area contributed by atoms with E-state index >= 15 is 0 Å². The van der Waals surface area contributed by atoms with Crippen LogP contribution in [0.25, 0.3) is 0 Å². The van der Waals surface area contributed by atoms with Crippen LogP contribution in [0.4, 0.5) is 16.2 Å². The van der Waals surface area contributed by atoms with Crippen molar-refractivity contribution in [1.82, 2.24) is 0 Å². The zero-order valence-corrected chi connectivity index (χ0v) is 10.7. The summed E-state index contributed by atoms with van der Waals surface area (Å²) in [6.07, 6.45) is 1.61. The van der Waals surface area contributed by atoms with Crippen molar-refractivity contribution in [2.75, 3.05) is 10.6 Å². The molecule has 0 aromatic heterocycles. The molecule has 0 aliphatic carbocycles. The zero-order valence-electron chi connectivity index (χ0n) is 10.7. The number of hydrogen-bond donors (Lipinski definition) is 3. The molecule has 1 rings (SSSR count). The number of primary amides is 1. The molecule has 5 heteroatoms. The van der Waals surface area contributed by atoms with Crippen LogP contribution < -0.4 is 16.4 Å². The number of benzene rings is 1. The van der Waals surface area contributed by atoms with Gasteiger partial charge in [-0.05, 0) is 31.0 Å². The third-order valence-electron chi connectivity index (χ3n) is 2.75. The molecule has 98 valence electrons. The van der Waals surface area contributed by atoms with E-state index < -0.39 is 6.03 Å². The highest BCUT2D eigenvalue weighted by atomic mass is 16.2. The van der Waals surface area contributed by atoms with Gasteiger partial charge < -0.3 is 16.4 Å². The lowest BCUT2D eigenvalue weighted by Crippen LogP contribution is -2.22. The monoisotopic (exact) mass is 249 g/mol. The number of anilines is 2. The number of nitrogens with two attached hydrogens (primary N) is 1. The fourth-order valence-corrected chi connectivity index (χ4v) is 1.72. The van der Waals surface area contributed by atoms with Gasteiger partial charge in [-0.2, -0.15) is 0 Å². The molecule has 0 unspecified atom stereocenters. The molecule has 0 saturated heterocycles. The summed E-state index contributed by atoms with van der Waals surface area (Å²) in [7, 11) is 0. The highest BCUT2D eigenvalue weighted by Crippen LogP contribution is 2.17. The molecule has 0 bridgehead atoms. The standard InChI is InChI=1S/C13H19N3O2/c1-3-9(4-2)12(17)15-10-6-5-7-11(8-10)16-13(14)18/h5-9H,3-4H2,1-2H3,(H,15,17)(H3,14,16,18). The second kappa shape index (κ2) is 6.64. The van der Waals surface area contributed by atoms with Crippen LogP contribution >= 0.6 is 0 Å². The van der Waals surface area contributed by atoms with Gasteiger partial charge in [-0.15, -0.1) is 0 Å². The topological polar surface area (TPSA) is 84.2 Å². The predicted molar refractivity (Wildman–Crippen MR) is 72.3 cm³/mol. The van der Waals surface area contributed by atoms with Crippen LogP contribution in [0.15, 0.2) is 24.3 Å². The van der Waals surface area contributed by atoms with E-state index in [0.29, 0.717) is 11.4 Å². The van der Waals surface area contributed by atoms with Gasteiger partial charge in [-0.1, -0.05) is 19.9 Å². The molecular weight excluding hydrogens is 230 g/mol. The Bertz CT molecular complexity index is 428. The summed E-state index contributed by atoms with van der Waals surface area (Å²) in [5, 5.41) is 5.29. The third-order valence-corrected chi connectivity index (χ3v) is 2.75. The van der Waals surface area contributed by atoms with E-state index in [1.165, 1.54) is 0 Å². The summed E-state index contributed by atoms with van der Waals surface area (Å²) in [5.74, 6) is 0.00832. The van der Waals surface area contributed by atoms with Crippen LogP contribution in [-0.4, -0.2) is 11.9 Å². The normalized spacial score (nSPS) is 10.2. The average Bonchev–Trinajstić information content (AvgIpc) is 2.30. The molecule has 4 N–H and O–H groups in total. The van der Waals surface area contributed by atoms with E-state index in [1.807, 2.05) is 13.8 Å². The Morgan fingerprint density at radius 2 is 1.72 bits per heavy atom. The van der Waals surface area contributed by atoms with Gasteiger partial charge in [0.05, 0.1) is 0 Å². The molecule has 0 radical (unpaired) electrons. The molecule has 0 fully saturated rings. The van der Waals surface area contributed by atoms with Crippen LogP contribution in [0.5, 0.6) is 0 Å². The van der Waals surface area contributed by atoms with Crippen molar-refractivity contribution >= 4 is 23.3 Å². The smallest absolute Gasteiger partial charge is 0.316 e. The van der Waals surface area contributed by atoms with Crippen molar-refractivity contribution in [2.24, 2.45) is 11.7 Å². The number of nitrogens with one attached hydrogen (secondary N) is 2. The molecule has 0 spiro atoms. The van der Waals surface area contributed by atoms with Gasteiger partial charge in [0.2, 0.25) is 5.91 Å². The van der Waals surface area contributed by atoms with Crippen LogP contribution in [0, 0.1) is 5.92 Å². The lowest BCUT2D eigenvalue weighted by molar-refractivity contribution is -0.120. The zero-order chi connectivity index (χ0) is 13.5. The number of hydrogen-bond acceptors (Lipinski definition) is 2. The number of carbonyl (C=O) groups is 2. The Kier molecular flexibility index (Phi) is 5.17. The van der Waals surface area contributed by atoms with E-state index in [-0.39, 0.29) is 11.8 Å². The van der Waals surface area contributed by atoms with Crippen molar-refractivity contribution in [3.8, 4) is 0 Å². The SMILES string of the molecule is CCC(CC)C(=O)Nc1cccc(NC(N)=O)c1. The van der Waals surface area contributed by atoms with E-state index in [1.54, 1.807) is 24.3 Å². The minimum absolute atomic E-state index is 0.00350. The maximum atomic E-state index is 11.9. The van der Waals surface area contributed by atoms with Crippen LogP contribution in [0.1, 0.15) is 26.7 Å². The predicted octanol–water partition coefficient (Wildman–Crippen LogP) is 2.55. The van der Waals surface area contributed by atoms with Gasteiger partial charge in [0.25, 0.3) is 0 Å². The molecule has 3 amide bonds. The Balaban J connectivity index is 2.72. The van der Waals surface area contributed by atoms with Crippen LogP contribution in [0.2, 0.25) is 0 Å². The van der Waals surface area contributed by atoms with Crippen molar-refractivity contribution in [3.05, 3.63) is 24.3 Å². The van der Waals surface area contributed by atoms with Crippen molar-refractivity contribution in [1.29, 1.82) is 0 Å². The van der Waals surface area contributed by atoms with E-state index in [9.17, 15) is 9.59 Å². The molecule has 0 aliphatic heterocycles. The molecule has 5 nitrogen and oxygen atoms in total. The first-order chi connectivity index (χ1) is 8.56. The fraction of sp³-hybridized carbons (Fsp3) is 0.385. The fourth-order valence-electron chi connectivity index (χ4n) is 1.72. The number of carbonyl (C=O) groups excluding carboxylic acids is 2. The molecule has 0 atom stereocenters. The number of rotatable bonds is 5. The lowest BCUT2D eigenvalue weighted by Gasteiger charge is -2.13. The second-order valence-electron chi connectivity index (χ2n) is 4.07. The first kappa shape index (κ1) is 14.0. The second-order valence-corrected chi connectivity index (χ2v) is 4.07. The minimum Gasteiger partial charge on any atom is -0.351 e. The largest absolute Gasteiger partial charge is 0.351 e. The van der Waals surface area contributed by atoms with Gasteiger partial charge in [0.1, 0.15) is 0 Å². The summed E-state index contributed by atoms with van der Waals surface area (Å²) in [6.45, 7) is 3.97. The highest BCUT2D eigenvalue weighted by molar-refractivity contribution is 5.94. The van der Waals surface area contributed by atoms with Crippen molar-refractivity contribution in [3.63, 3.8) is 0 Å². The maximum absolute atomic E-state index is 11.9. The summed E-state index contributed by atoms with van der Waals surface area (Å²) < 4.78 is 0. The molecule has 18 heavy (non-hydrogen) atoms. The maximum Gasteiger partial charge on any atom is 0.316 e. The summed E-state index contributed by atoms with van der Waals surface area (Å²) in [6, 6.07) is 6.27. The highest BCUT2D eigenvalue weighted by Gasteiger charge is 2.14. The lowest BCUT2D eigenvalue weighted by atomic mass is 10.0. The quantitative estimate of drug-likeness (QED) is 0.749. The molecule has 0 saturated carbocycles. The molecule has 1 aromatic rings. The first-order valence-electron chi connectivity index (χ1n) is 6.04. The van der Waals surface area contributed by atoms with Crippen LogP contribution in [0.3, 0.4) is 0 Å². The average molecular weight is 249 g/mol. The number of urea groups is 1. The minimum atomic E-state index is -0.626. The van der Waals surface area contributed by atoms with Gasteiger partial charge in [0, 0.05) is 17.3 Å². The molecular formula is C13H19N3O2. The molecule has 1 aromatic carbocycles. The van der Waals surface area contributed by atoms with Crippen LogP contribution in [-0.2, 0) is 4.79 Å². The summed E-state index contributed by atoms with van der Waals surface area (Å²) >= 11 is 0. The Hall–Kier alpha value is -2.04. The Morgan fingerprint density at radius 1 is 1.17 bits per heavy atom. The molecule has 0 aliphatic rings. The Morgan fingerprint density at radius 3 is 2.22 bits per heavy atom. The Labute approximate surface area is 107 Å². The van der Waals surface area contributed by atoms with Gasteiger partial charge in [-0.25, -0.2) is 4.79 Å². The summed E-state index contributed by atoms with van der Waals surface area (Å²) in [5.41, 5.74) is 6.24. The molecule has 0 heterocycles. The summed E-state index contributed by atoms with van der Waals surface area (Å²) in [4.78, 5) is 22.6. The van der Waals surface area contributed by atoms with E-state index in [0.717, 1.165) is 12.8 Å². The van der Waals surface area contributed by atoms with Gasteiger partial charge in [0.15, 0.2) is 0 Å².